The maximum Gasteiger partial charge on any atom is 0.0903 e. The Balaban J connectivity index is 1.99. The third-order valence-electron chi connectivity index (χ3n) is 2.51. The van der Waals surface area contributed by atoms with Gasteiger partial charge in [0.1, 0.15) is 0 Å². The number of benzene rings is 2. The lowest BCUT2D eigenvalue weighted by molar-refractivity contribution is 0.205. The van der Waals surface area contributed by atoms with Gasteiger partial charge in [-0.3, -0.25) is 0 Å². The summed E-state index contributed by atoms with van der Waals surface area (Å²) in [5.41, 5.74) is 7.27. The van der Waals surface area contributed by atoms with E-state index in [0.717, 1.165) is 10.5 Å². The third kappa shape index (κ3) is 3.25. The fraction of sp³-hybridized carbons (Fsp3) is 0.143. The highest BCUT2D eigenvalue weighted by Crippen LogP contribution is 2.27. The second kappa shape index (κ2) is 5.75. The van der Waals surface area contributed by atoms with Crippen LogP contribution in [0.2, 0.25) is 0 Å². The normalized spacial score (nSPS) is 12.3. The van der Waals surface area contributed by atoms with Crippen molar-refractivity contribution in [1.29, 1.82) is 0 Å². The molecule has 1 atom stereocenters. The number of thioether (sulfide) groups is 1. The molecule has 0 spiro atoms. The monoisotopic (exact) mass is 245 g/mol. The quantitative estimate of drug-likeness (QED) is 0.642. The average molecular weight is 245 g/mol. The van der Waals surface area contributed by atoms with Crippen molar-refractivity contribution in [2.75, 3.05) is 11.5 Å². The van der Waals surface area contributed by atoms with Crippen LogP contribution in [0.1, 0.15) is 11.7 Å². The number of hydrogen-bond acceptors (Lipinski definition) is 3. The number of hydrogen-bond donors (Lipinski definition) is 2. The van der Waals surface area contributed by atoms with Gasteiger partial charge in [-0.05, 0) is 18.2 Å². The number of anilines is 1. The maximum atomic E-state index is 10.1. The number of rotatable bonds is 4. The van der Waals surface area contributed by atoms with Crippen LogP contribution in [-0.4, -0.2) is 10.9 Å². The molecule has 0 amide bonds. The summed E-state index contributed by atoms with van der Waals surface area (Å²) in [6.45, 7) is 0. The SMILES string of the molecule is Nc1ccccc1C(O)CSc1ccccc1. The van der Waals surface area contributed by atoms with Gasteiger partial charge in [0.25, 0.3) is 0 Å². The number of nitrogens with two attached hydrogens (primary N) is 1. The smallest absolute Gasteiger partial charge is 0.0903 e. The highest BCUT2D eigenvalue weighted by Gasteiger charge is 2.10. The predicted molar refractivity (Wildman–Crippen MR) is 73.0 cm³/mol. The molecule has 0 heterocycles. The van der Waals surface area contributed by atoms with Crippen LogP contribution in [0.3, 0.4) is 0 Å². The number of para-hydroxylation sites is 1. The van der Waals surface area contributed by atoms with E-state index in [4.69, 9.17) is 5.73 Å². The molecule has 0 aliphatic heterocycles. The fourth-order valence-electron chi connectivity index (χ4n) is 1.60. The topological polar surface area (TPSA) is 46.2 Å². The first-order valence-corrected chi connectivity index (χ1v) is 6.46. The minimum atomic E-state index is -0.526. The molecule has 2 rings (SSSR count). The molecular formula is C14H15NOS. The van der Waals surface area contributed by atoms with Crippen molar-refractivity contribution in [2.45, 2.75) is 11.0 Å². The van der Waals surface area contributed by atoms with E-state index < -0.39 is 6.10 Å². The Morgan fingerprint density at radius 3 is 2.35 bits per heavy atom. The highest BCUT2D eigenvalue weighted by atomic mass is 32.2. The standard InChI is InChI=1S/C14H15NOS/c15-13-9-5-4-8-12(13)14(16)10-17-11-6-2-1-3-7-11/h1-9,14,16H,10,15H2. The van der Waals surface area contributed by atoms with Crippen molar-refractivity contribution in [3.63, 3.8) is 0 Å². The van der Waals surface area contributed by atoms with E-state index in [-0.39, 0.29) is 0 Å². The molecule has 0 fully saturated rings. The minimum Gasteiger partial charge on any atom is -0.398 e. The van der Waals surface area contributed by atoms with Gasteiger partial charge in [0.05, 0.1) is 6.10 Å². The van der Waals surface area contributed by atoms with E-state index in [9.17, 15) is 5.11 Å². The first-order valence-electron chi connectivity index (χ1n) is 5.47. The molecule has 0 aromatic heterocycles. The van der Waals surface area contributed by atoms with Crippen LogP contribution in [0.25, 0.3) is 0 Å². The van der Waals surface area contributed by atoms with Crippen molar-refractivity contribution in [1.82, 2.24) is 0 Å². The molecule has 2 nitrogen and oxygen atoms in total. The minimum absolute atomic E-state index is 0.526. The zero-order valence-corrected chi connectivity index (χ0v) is 10.2. The zero-order valence-electron chi connectivity index (χ0n) is 9.41. The van der Waals surface area contributed by atoms with Crippen LogP contribution in [0.4, 0.5) is 5.69 Å². The Labute approximate surface area is 105 Å². The molecular weight excluding hydrogens is 230 g/mol. The molecule has 0 saturated carbocycles. The summed E-state index contributed by atoms with van der Waals surface area (Å²) in [5.74, 6) is 0.609. The lowest BCUT2D eigenvalue weighted by Crippen LogP contribution is -2.04. The zero-order chi connectivity index (χ0) is 12.1. The van der Waals surface area contributed by atoms with Crippen LogP contribution in [-0.2, 0) is 0 Å². The Morgan fingerprint density at radius 1 is 1.00 bits per heavy atom. The van der Waals surface area contributed by atoms with E-state index >= 15 is 0 Å². The number of aliphatic hydroxyl groups excluding tert-OH is 1. The summed E-state index contributed by atoms with van der Waals surface area (Å²) in [4.78, 5) is 1.15. The largest absolute Gasteiger partial charge is 0.398 e. The van der Waals surface area contributed by atoms with E-state index in [1.807, 2.05) is 54.6 Å². The molecule has 0 aliphatic rings. The van der Waals surface area contributed by atoms with Crippen molar-refractivity contribution in [2.24, 2.45) is 0 Å². The maximum absolute atomic E-state index is 10.1. The van der Waals surface area contributed by atoms with Crippen LogP contribution < -0.4 is 5.73 Å². The molecule has 17 heavy (non-hydrogen) atoms. The Bertz CT molecular complexity index is 473. The van der Waals surface area contributed by atoms with E-state index in [2.05, 4.69) is 0 Å². The van der Waals surface area contributed by atoms with Crippen molar-refractivity contribution < 1.29 is 5.11 Å². The second-order valence-corrected chi connectivity index (χ2v) is 4.86. The molecule has 0 saturated heterocycles. The van der Waals surface area contributed by atoms with Gasteiger partial charge >= 0.3 is 0 Å². The Morgan fingerprint density at radius 2 is 1.65 bits per heavy atom. The first kappa shape index (κ1) is 12.0. The van der Waals surface area contributed by atoms with Crippen molar-refractivity contribution in [3.8, 4) is 0 Å². The van der Waals surface area contributed by atoms with Gasteiger partial charge in [-0.2, -0.15) is 0 Å². The van der Waals surface area contributed by atoms with Gasteiger partial charge in [-0.25, -0.2) is 0 Å². The molecule has 0 radical (unpaired) electrons. The molecule has 1 unspecified atom stereocenters. The van der Waals surface area contributed by atoms with E-state index in [1.54, 1.807) is 11.8 Å². The van der Waals surface area contributed by atoms with Gasteiger partial charge < -0.3 is 10.8 Å². The van der Waals surface area contributed by atoms with Crippen LogP contribution in [0.5, 0.6) is 0 Å². The molecule has 2 aromatic carbocycles. The Hall–Kier alpha value is -1.45. The van der Waals surface area contributed by atoms with Crippen molar-refractivity contribution in [3.05, 3.63) is 60.2 Å². The second-order valence-electron chi connectivity index (χ2n) is 3.77. The van der Waals surface area contributed by atoms with Gasteiger partial charge in [0.2, 0.25) is 0 Å². The van der Waals surface area contributed by atoms with Gasteiger partial charge in [0.15, 0.2) is 0 Å². The molecule has 0 bridgehead atoms. The predicted octanol–water partition coefficient (Wildman–Crippen LogP) is 3.09. The molecule has 3 N–H and O–H groups in total. The van der Waals surface area contributed by atoms with E-state index in [0.29, 0.717) is 11.4 Å². The lowest BCUT2D eigenvalue weighted by Gasteiger charge is -2.12. The fourth-order valence-corrected chi connectivity index (χ4v) is 2.48. The van der Waals surface area contributed by atoms with Crippen LogP contribution in [0.15, 0.2) is 59.5 Å². The van der Waals surface area contributed by atoms with Crippen LogP contribution >= 0.6 is 11.8 Å². The average Bonchev–Trinajstić information content (AvgIpc) is 2.38. The molecule has 88 valence electrons. The van der Waals surface area contributed by atoms with Crippen LogP contribution in [0, 0.1) is 0 Å². The molecule has 3 heteroatoms. The summed E-state index contributed by atoms with van der Waals surface area (Å²) in [6, 6.07) is 17.5. The number of nitrogen functional groups attached to an aromatic ring is 1. The summed E-state index contributed by atoms with van der Waals surface area (Å²) in [5, 5.41) is 10.1. The summed E-state index contributed by atoms with van der Waals surface area (Å²) in [6.07, 6.45) is -0.526. The van der Waals surface area contributed by atoms with Crippen molar-refractivity contribution >= 4 is 17.4 Å². The number of aliphatic hydroxyl groups is 1. The third-order valence-corrected chi connectivity index (χ3v) is 3.59. The summed E-state index contributed by atoms with van der Waals surface area (Å²) >= 11 is 1.63. The molecule has 2 aromatic rings. The summed E-state index contributed by atoms with van der Waals surface area (Å²) < 4.78 is 0. The van der Waals surface area contributed by atoms with E-state index in [1.165, 1.54) is 0 Å². The van der Waals surface area contributed by atoms with Gasteiger partial charge in [-0.1, -0.05) is 36.4 Å². The first-order chi connectivity index (χ1) is 8.27. The van der Waals surface area contributed by atoms with Gasteiger partial charge in [-0.15, -0.1) is 11.8 Å². The van der Waals surface area contributed by atoms with Gasteiger partial charge in [0, 0.05) is 21.9 Å². The Kier molecular flexibility index (Phi) is 4.07. The highest BCUT2D eigenvalue weighted by molar-refractivity contribution is 7.99. The molecule has 0 aliphatic carbocycles. The summed E-state index contributed by atoms with van der Waals surface area (Å²) in [7, 11) is 0. The lowest BCUT2D eigenvalue weighted by atomic mass is 10.1.